The molecule has 1 heterocycles. The van der Waals surface area contributed by atoms with Crippen LogP contribution in [0, 0.1) is 5.82 Å². The molecule has 32 heavy (non-hydrogen) atoms. The third-order valence-corrected chi connectivity index (χ3v) is 5.75. The van der Waals surface area contributed by atoms with Crippen molar-refractivity contribution in [1.29, 1.82) is 0 Å². The fourth-order valence-electron chi connectivity index (χ4n) is 3.94. The van der Waals surface area contributed by atoms with Crippen LogP contribution in [-0.2, 0) is 4.79 Å². The Morgan fingerprint density at radius 3 is 2.03 bits per heavy atom. The molecule has 1 aliphatic heterocycles. The highest BCUT2D eigenvalue weighted by molar-refractivity contribution is 5.94. The molecule has 0 aliphatic carbocycles. The van der Waals surface area contributed by atoms with E-state index in [1.54, 1.807) is 24.3 Å². The first-order chi connectivity index (χ1) is 15.6. The van der Waals surface area contributed by atoms with Gasteiger partial charge in [-0.1, -0.05) is 48.5 Å². The summed E-state index contributed by atoms with van der Waals surface area (Å²) in [7, 11) is 0. The number of benzene rings is 3. The van der Waals surface area contributed by atoms with Gasteiger partial charge in [0.15, 0.2) is 0 Å². The minimum Gasteiger partial charge on any atom is -0.368 e. The highest BCUT2D eigenvalue weighted by atomic mass is 19.1. The molecule has 3 aromatic carbocycles. The molecule has 4 rings (SSSR count). The second-order valence-corrected chi connectivity index (χ2v) is 7.85. The molecular weight excluding hydrogens is 405 g/mol. The van der Waals surface area contributed by atoms with Gasteiger partial charge in [0, 0.05) is 37.4 Å². The summed E-state index contributed by atoms with van der Waals surface area (Å²) in [6, 6.07) is 24.6. The number of hydrogen-bond donors (Lipinski definition) is 1. The van der Waals surface area contributed by atoms with E-state index >= 15 is 0 Å². The van der Waals surface area contributed by atoms with Gasteiger partial charge in [0.25, 0.3) is 5.91 Å². The fourth-order valence-corrected chi connectivity index (χ4v) is 3.94. The number of carbonyl (C=O) groups excluding carboxylic acids is 2. The largest absolute Gasteiger partial charge is 0.368 e. The first kappa shape index (κ1) is 21.6. The number of nitrogens with one attached hydrogen (secondary N) is 1. The minimum atomic E-state index is -0.411. The zero-order chi connectivity index (χ0) is 22.3. The van der Waals surface area contributed by atoms with E-state index in [2.05, 4.69) is 10.2 Å². The van der Waals surface area contributed by atoms with E-state index in [1.807, 2.05) is 53.4 Å². The molecule has 0 bridgehead atoms. The topological polar surface area (TPSA) is 52.7 Å². The summed E-state index contributed by atoms with van der Waals surface area (Å²) in [6.07, 6.45) is 0.194. The third kappa shape index (κ3) is 5.32. The number of hydrogen-bond acceptors (Lipinski definition) is 3. The molecule has 0 radical (unpaired) electrons. The molecule has 3 aromatic rings. The Balaban J connectivity index is 1.40. The van der Waals surface area contributed by atoms with Crippen LogP contribution in [0.4, 0.5) is 10.1 Å². The van der Waals surface area contributed by atoms with Gasteiger partial charge in [-0.25, -0.2) is 4.39 Å². The number of rotatable bonds is 6. The molecular formula is C26H26FN3O2. The first-order valence-electron chi connectivity index (χ1n) is 10.8. The predicted octanol–water partition coefficient (Wildman–Crippen LogP) is 4.04. The van der Waals surface area contributed by atoms with Crippen LogP contribution in [0.1, 0.15) is 28.4 Å². The maximum Gasteiger partial charge on any atom is 0.251 e. The predicted molar refractivity (Wildman–Crippen MR) is 123 cm³/mol. The van der Waals surface area contributed by atoms with Gasteiger partial charge in [-0.15, -0.1) is 0 Å². The van der Waals surface area contributed by atoms with Crippen molar-refractivity contribution in [2.75, 3.05) is 31.1 Å². The van der Waals surface area contributed by atoms with Gasteiger partial charge in [-0.05, 0) is 42.0 Å². The lowest BCUT2D eigenvalue weighted by atomic mass is 10.0. The van der Waals surface area contributed by atoms with E-state index in [4.69, 9.17) is 0 Å². The molecule has 2 amide bonds. The number of anilines is 1. The van der Waals surface area contributed by atoms with Crippen LogP contribution in [0.5, 0.6) is 0 Å². The molecule has 1 atom stereocenters. The highest BCUT2D eigenvalue weighted by Gasteiger charge is 2.25. The van der Waals surface area contributed by atoms with E-state index in [0.717, 1.165) is 11.3 Å². The molecule has 1 aliphatic rings. The van der Waals surface area contributed by atoms with Gasteiger partial charge in [0.2, 0.25) is 5.91 Å². The normalized spacial score (nSPS) is 14.7. The van der Waals surface area contributed by atoms with Crippen LogP contribution in [0.3, 0.4) is 0 Å². The van der Waals surface area contributed by atoms with Crippen molar-refractivity contribution in [2.45, 2.75) is 12.5 Å². The number of nitrogens with zero attached hydrogens (tertiary/aromatic N) is 2. The summed E-state index contributed by atoms with van der Waals surface area (Å²) in [5, 5.41) is 3.03. The van der Waals surface area contributed by atoms with E-state index in [9.17, 15) is 14.0 Å². The van der Waals surface area contributed by atoms with Crippen LogP contribution in [0.2, 0.25) is 0 Å². The third-order valence-electron chi connectivity index (χ3n) is 5.75. The smallest absolute Gasteiger partial charge is 0.251 e. The molecule has 164 valence electrons. The molecule has 0 spiro atoms. The van der Waals surface area contributed by atoms with Gasteiger partial charge >= 0.3 is 0 Å². The quantitative estimate of drug-likeness (QED) is 0.641. The Kier molecular flexibility index (Phi) is 6.80. The van der Waals surface area contributed by atoms with E-state index < -0.39 is 6.04 Å². The average Bonchev–Trinajstić information content (AvgIpc) is 2.85. The van der Waals surface area contributed by atoms with E-state index in [1.165, 1.54) is 12.1 Å². The zero-order valence-electron chi connectivity index (χ0n) is 17.8. The summed E-state index contributed by atoms with van der Waals surface area (Å²) in [5.41, 5.74) is 2.42. The van der Waals surface area contributed by atoms with Crippen molar-refractivity contribution in [3.8, 4) is 0 Å². The summed E-state index contributed by atoms with van der Waals surface area (Å²) >= 11 is 0. The second-order valence-electron chi connectivity index (χ2n) is 7.85. The van der Waals surface area contributed by atoms with Crippen molar-refractivity contribution in [1.82, 2.24) is 10.2 Å². The SMILES string of the molecule is O=C(N[C@@H](CC(=O)N1CCN(c2ccc(F)cc2)CC1)c1ccccc1)c1ccccc1. The van der Waals surface area contributed by atoms with Gasteiger partial charge in [0.05, 0.1) is 12.5 Å². The van der Waals surface area contributed by atoms with Gasteiger partial charge in [-0.3, -0.25) is 9.59 Å². The number of piperazine rings is 1. The molecule has 5 nitrogen and oxygen atoms in total. The van der Waals surface area contributed by atoms with Gasteiger partial charge < -0.3 is 15.1 Å². The molecule has 0 saturated carbocycles. The maximum atomic E-state index is 13.2. The Bertz CT molecular complexity index is 1030. The van der Waals surface area contributed by atoms with Crippen LogP contribution in [0.25, 0.3) is 0 Å². The molecule has 0 unspecified atom stereocenters. The standard InChI is InChI=1S/C26H26FN3O2/c27-22-11-13-23(14-12-22)29-15-17-30(18-16-29)25(31)19-24(20-7-3-1-4-8-20)28-26(32)21-9-5-2-6-10-21/h1-14,24H,15-19H2,(H,28,32)/t24-/m0/s1. The lowest BCUT2D eigenvalue weighted by Gasteiger charge is -2.36. The van der Waals surface area contributed by atoms with Gasteiger partial charge in [-0.2, -0.15) is 0 Å². The van der Waals surface area contributed by atoms with Crippen molar-refractivity contribution in [3.05, 3.63) is 102 Å². The average molecular weight is 432 g/mol. The van der Waals surface area contributed by atoms with Crippen LogP contribution >= 0.6 is 0 Å². The number of amides is 2. The summed E-state index contributed by atoms with van der Waals surface area (Å²) in [4.78, 5) is 29.8. The highest BCUT2D eigenvalue weighted by Crippen LogP contribution is 2.21. The molecule has 1 fully saturated rings. The molecule has 6 heteroatoms. The van der Waals surface area contributed by atoms with Crippen molar-refractivity contribution < 1.29 is 14.0 Å². The lowest BCUT2D eigenvalue weighted by molar-refractivity contribution is -0.132. The maximum absolute atomic E-state index is 13.2. The Morgan fingerprint density at radius 1 is 0.812 bits per heavy atom. The Morgan fingerprint density at radius 2 is 1.41 bits per heavy atom. The first-order valence-corrected chi connectivity index (χ1v) is 10.8. The Labute approximate surface area is 187 Å². The monoisotopic (exact) mass is 431 g/mol. The number of halogens is 1. The summed E-state index contributed by atoms with van der Waals surface area (Å²) in [5.74, 6) is -0.452. The fraction of sp³-hybridized carbons (Fsp3) is 0.231. The summed E-state index contributed by atoms with van der Waals surface area (Å²) < 4.78 is 13.2. The van der Waals surface area contributed by atoms with Crippen LogP contribution in [-0.4, -0.2) is 42.9 Å². The van der Waals surface area contributed by atoms with Crippen LogP contribution in [0.15, 0.2) is 84.9 Å². The van der Waals surface area contributed by atoms with Crippen molar-refractivity contribution >= 4 is 17.5 Å². The second kappa shape index (κ2) is 10.1. The molecule has 1 N–H and O–H groups in total. The molecule has 1 saturated heterocycles. The van der Waals surface area contributed by atoms with Crippen LogP contribution < -0.4 is 10.2 Å². The van der Waals surface area contributed by atoms with Gasteiger partial charge in [0.1, 0.15) is 5.82 Å². The van der Waals surface area contributed by atoms with Crippen molar-refractivity contribution in [2.24, 2.45) is 0 Å². The summed E-state index contributed by atoms with van der Waals surface area (Å²) in [6.45, 7) is 2.54. The minimum absolute atomic E-state index is 0.00553. The van der Waals surface area contributed by atoms with E-state index in [0.29, 0.717) is 31.7 Å². The Hall–Kier alpha value is -3.67. The van der Waals surface area contributed by atoms with Crippen molar-refractivity contribution in [3.63, 3.8) is 0 Å². The van der Waals surface area contributed by atoms with E-state index in [-0.39, 0.29) is 24.1 Å². The lowest BCUT2D eigenvalue weighted by Crippen LogP contribution is -2.49. The zero-order valence-corrected chi connectivity index (χ0v) is 17.8. The number of carbonyl (C=O) groups is 2. The molecule has 0 aromatic heterocycles.